The fraction of sp³-hybridized carbons (Fsp3) is 0.708. The molecule has 0 aromatic heterocycles. The largest absolute Gasteiger partial charge is 0.416 e. The first-order valence-electron chi connectivity index (χ1n) is 12.0. The molecule has 4 saturated carbocycles. The highest BCUT2D eigenvalue weighted by atomic mass is 32.2. The zero-order valence-electron chi connectivity index (χ0n) is 18.6. The van der Waals surface area contributed by atoms with Gasteiger partial charge in [-0.1, -0.05) is 0 Å². The molecule has 1 aliphatic heterocycles. The number of sulfonamides is 1. The van der Waals surface area contributed by atoms with E-state index in [2.05, 4.69) is 5.32 Å². The number of alkyl halides is 3. The van der Waals surface area contributed by atoms with Gasteiger partial charge in [-0.2, -0.15) is 17.5 Å². The van der Waals surface area contributed by atoms with Crippen LogP contribution in [0.15, 0.2) is 29.2 Å². The predicted octanol–water partition coefficient (Wildman–Crippen LogP) is 4.58. The second kappa shape index (κ2) is 8.26. The average Bonchev–Trinajstić information content (AvgIpc) is 3.22. The van der Waals surface area contributed by atoms with Gasteiger partial charge in [0.2, 0.25) is 15.9 Å². The molecule has 5 aliphatic rings. The third-order valence-electron chi connectivity index (χ3n) is 8.39. The minimum atomic E-state index is -4.51. The molecule has 6 rings (SSSR count). The van der Waals surface area contributed by atoms with Crippen LogP contribution in [0.2, 0.25) is 0 Å². The Kier molecular flexibility index (Phi) is 5.79. The van der Waals surface area contributed by atoms with E-state index in [9.17, 15) is 26.4 Å². The van der Waals surface area contributed by atoms with Crippen molar-refractivity contribution in [3.63, 3.8) is 0 Å². The van der Waals surface area contributed by atoms with Crippen LogP contribution in [0.4, 0.5) is 13.2 Å². The van der Waals surface area contributed by atoms with Crippen molar-refractivity contribution in [2.24, 2.45) is 23.2 Å². The van der Waals surface area contributed by atoms with Crippen LogP contribution in [0.5, 0.6) is 0 Å². The molecule has 5 fully saturated rings. The number of nitrogens with one attached hydrogen (secondary N) is 1. The van der Waals surface area contributed by atoms with Crippen molar-refractivity contribution in [1.29, 1.82) is 0 Å². The lowest BCUT2D eigenvalue weighted by atomic mass is 9.49. The average molecular weight is 485 g/mol. The molecule has 4 aliphatic carbocycles. The Balaban J connectivity index is 1.20. The van der Waals surface area contributed by atoms with Crippen molar-refractivity contribution in [1.82, 2.24) is 9.62 Å². The number of amides is 1. The molecule has 182 valence electrons. The maximum Gasteiger partial charge on any atom is 0.416 e. The summed E-state index contributed by atoms with van der Waals surface area (Å²) >= 11 is 0. The van der Waals surface area contributed by atoms with Gasteiger partial charge >= 0.3 is 6.18 Å². The molecular weight excluding hydrogens is 453 g/mol. The summed E-state index contributed by atoms with van der Waals surface area (Å²) < 4.78 is 66.1. The smallest absolute Gasteiger partial charge is 0.356 e. The monoisotopic (exact) mass is 484 g/mol. The van der Waals surface area contributed by atoms with Gasteiger partial charge in [0.1, 0.15) is 0 Å². The molecule has 1 N–H and O–H groups in total. The molecule has 1 aromatic rings. The molecular formula is C24H31F3N2O3S. The van der Waals surface area contributed by atoms with E-state index in [4.69, 9.17) is 0 Å². The summed E-state index contributed by atoms with van der Waals surface area (Å²) in [4.78, 5) is 13.0. The molecule has 0 radical (unpaired) electrons. The Labute approximate surface area is 193 Å². The maximum absolute atomic E-state index is 13.1. The molecule has 1 heterocycles. The molecule has 1 atom stereocenters. The van der Waals surface area contributed by atoms with Crippen molar-refractivity contribution in [2.45, 2.75) is 74.9 Å². The van der Waals surface area contributed by atoms with Gasteiger partial charge in [0.15, 0.2) is 0 Å². The zero-order chi connectivity index (χ0) is 23.4. The number of carbonyl (C=O) groups is 1. The van der Waals surface area contributed by atoms with Crippen LogP contribution in [-0.2, 0) is 21.0 Å². The first-order valence-corrected chi connectivity index (χ1v) is 13.5. The van der Waals surface area contributed by atoms with Gasteiger partial charge in [0.25, 0.3) is 0 Å². The van der Waals surface area contributed by atoms with Crippen LogP contribution in [0.1, 0.15) is 63.4 Å². The van der Waals surface area contributed by atoms with Crippen LogP contribution in [0, 0.1) is 23.2 Å². The molecule has 1 amide bonds. The Morgan fingerprint density at radius 3 is 2.15 bits per heavy atom. The van der Waals surface area contributed by atoms with Gasteiger partial charge in [-0.3, -0.25) is 4.79 Å². The van der Waals surface area contributed by atoms with Crippen LogP contribution in [0.25, 0.3) is 0 Å². The standard InChI is InChI=1S/C24H31F3N2O3S/c25-24(26,27)19-3-5-21(6-4-19)33(31,32)29-9-1-2-20(29)7-8-28-22(30)23-13-16-10-17(14-23)12-18(11-16)15-23/h3-6,16-18,20H,1-2,7-15H2,(H,28,30). The third-order valence-corrected chi connectivity index (χ3v) is 10.4. The van der Waals surface area contributed by atoms with E-state index in [-0.39, 0.29) is 22.3 Å². The molecule has 0 spiro atoms. The Bertz CT molecular complexity index is 971. The zero-order valence-corrected chi connectivity index (χ0v) is 19.4. The third kappa shape index (κ3) is 4.31. The predicted molar refractivity (Wildman–Crippen MR) is 117 cm³/mol. The van der Waals surface area contributed by atoms with Crippen molar-refractivity contribution in [3.05, 3.63) is 29.8 Å². The van der Waals surface area contributed by atoms with Crippen molar-refractivity contribution < 1.29 is 26.4 Å². The summed E-state index contributed by atoms with van der Waals surface area (Å²) in [6, 6.07) is 3.42. The maximum atomic E-state index is 13.1. The Morgan fingerprint density at radius 1 is 1.03 bits per heavy atom. The minimum Gasteiger partial charge on any atom is -0.356 e. The highest BCUT2D eigenvalue weighted by Gasteiger charge is 2.54. The molecule has 1 aromatic carbocycles. The Morgan fingerprint density at radius 2 is 1.61 bits per heavy atom. The lowest BCUT2D eigenvalue weighted by molar-refractivity contribution is -0.146. The van der Waals surface area contributed by atoms with Gasteiger partial charge in [-0.25, -0.2) is 8.42 Å². The molecule has 5 nitrogen and oxygen atoms in total. The fourth-order valence-electron chi connectivity index (χ4n) is 7.29. The SMILES string of the molecule is O=C(NCCC1CCCN1S(=O)(=O)c1ccc(C(F)(F)F)cc1)C12CC3CC(CC(C3)C1)C2. The van der Waals surface area contributed by atoms with Gasteiger partial charge in [-0.15, -0.1) is 0 Å². The molecule has 1 unspecified atom stereocenters. The van der Waals surface area contributed by atoms with E-state index < -0.39 is 21.8 Å². The normalized spacial score (nSPS) is 34.0. The highest BCUT2D eigenvalue weighted by Crippen LogP contribution is 2.60. The number of nitrogens with zero attached hydrogens (tertiary/aromatic N) is 1. The van der Waals surface area contributed by atoms with Crippen molar-refractivity contribution >= 4 is 15.9 Å². The summed E-state index contributed by atoms with van der Waals surface area (Å²) in [5.74, 6) is 2.18. The number of hydrogen-bond donors (Lipinski definition) is 1. The second-order valence-corrected chi connectivity index (χ2v) is 12.6. The van der Waals surface area contributed by atoms with Gasteiger partial charge in [-0.05, 0) is 99.8 Å². The van der Waals surface area contributed by atoms with Gasteiger partial charge in [0, 0.05) is 24.5 Å². The van der Waals surface area contributed by atoms with E-state index in [1.807, 2.05) is 0 Å². The Hall–Kier alpha value is -1.61. The van der Waals surface area contributed by atoms with Gasteiger partial charge in [0.05, 0.1) is 10.5 Å². The van der Waals surface area contributed by atoms with E-state index in [1.165, 1.54) is 23.6 Å². The van der Waals surface area contributed by atoms with Crippen LogP contribution < -0.4 is 5.32 Å². The minimum absolute atomic E-state index is 0.125. The number of carbonyl (C=O) groups excluding carboxylic acids is 1. The van der Waals surface area contributed by atoms with E-state index in [0.717, 1.165) is 43.5 Å². The summed E-state index contributed by atoms with van der Waals surface area (Å²) in [6.07, 6.45) is 4.17. The van der Waals surface area contributed by atoms with Crippen LogP contribution in [-0.4, -0.2) is 37.8 Å². The number of rotatable bonds is 6. The fourth-order valence-corrected chi connectivity index (χ4v) is 9.02. The first kappa shape index (κ1) is 23.1. The van der Waals surface area contributed by atoms with Gasteiger partial charge < -0.3 is 5.32 Å². The van der Waals surface area contributed by atoms with Crippen LogP contribution in [0.3, 0.4) is 0 Å². The summed E-state index contributed by atoms with van der Waals surface area (Å²) in [7, 11) is -3.88. The van der Waals surface area contributed by atoms with E-state index >= 15 is 0 Å². The lowest BCUT2D eigenvalue weighted by Gasteiger charge is -2.55. The highest BCUT2D eigenvalue weighted by molar-refractivity contribution is 7.89. The van der Waals surface area contributed by atoms with Crippen molar-refractivity contribution in [3.8, 4) is 0 Å². The second-order valence-electron chi connectivity index (χ2n) is 10.7. The van der Waals surface area contributed by atoms with E-state index in [1.54, 1.807) is 0 Å². The summed E-state index contributed by atoms with van der Waals surface area (Å²) in [5, 5.41) is 3.12. The number of hydrogen-bond acceptors (Lipinski definition) is 3. The number of halogens is 3. The molecule has 33 heavy (non-hydrogen) atoms. The topological polar surface area (TPSA) is 66.5 Å². The quantitative estimate of drug-likeness (QED) is 0.643. The number of benzene rings is 1. The summed E-state index contributed by atoms with van der Waals surface area (Å²) in [5.41, 5.74) is -1.09. The first-order chi connectivity index (χ1) is 15.6. The van der Waals surface area contributed by atoms with E-state index in [0.29, 0.717) is 50.1 Å². The molecule has 1 saturated heterocycles. The molecule has 9 heteroatoms. The van der Waals surface area contributed by atoms with Crippen LogP contribution >= 0.6 is 0 Å². The molecule has 4 bridgehead atoms. The van der Waals surface area contributed by atoms with Crippen molar-refractivity contribution in [2.75, 3.05) is 13.1 Å². The lowest BCUT2D eigenvalue weighted by Crippen LogP contribution is -2.54. The summed E-state index contributed by atoms with van der Waals surface area (Å²) in [6.45, 7) is 0.765.